The van der Waals surface area contributed by atoms with Gasteiger partial charge in [0.25, 0.3) is 0 Å². The Balaban J connectivity index is 2.45. The van der Waals surface area contributed by atoms with E-state index in [1.807, 2.05) is 6.07 Å². The smallest absolute Gasteiger partial charge is 0.106 e. The second kappa shape index (κ2) is 5.35. The number of thiol groups is 1. The molecule has 3 heteroatoms. The van der Waals surface area contributed by atoms with Gasteiger partial charge in [0.05, 0.1) is 11.0 Å². The molecular weight excluding hydrogens is 240 g/mol. The van der Waals surface area contributed by atoms with Crippen molar-refractivity contribution >= 4 is 23.7 Å². The fourth-order valence-corrected chi connectivity index (χ4v) is 3.03. The average molecular weight is 262 g/mol. The van der Waals surface area contributed by atoms with Gasteiger partial charge in [-0.1, -0.05) is 26.0 Å². The summed E-state index contributed by atoms with van der Waals surface area (Å²) in [6.07, 6.45) is 2.30. The summed E-state index contributed by atoms with van der Waals surface area (Å²) < 4.78 is 2.35. The average Bonchev–Trinajstić information content (AvgIpc) is 2.72. The molecule has 0 aliphatic carbocycles. The van der Waals surface area contributed by atoms with Crippen LogP contribution in [0.5, 0.6) is 0 Å². The third kappa shape index (κ3) is 2.28. The van der Waals surface area contributed by atoms with Gasteiger partial charge < -0.3 is 4.57 Å². The highest BCUT2D eigenvalue weighted by Crippen LogP contribution is 2.32. The molecule has 18 heavy (non-hydrogen) atoms. The Bertz CT molecular complexity index is 518. The molecule has 0 unspecified atom stereocenters. The van der Waals surface area contributed by atoms with E-state index in [1.165, 1.54) is 5.52 Å². The number of hydrogen-bond donors (Lipinski definition) is 1. The van der Waals surface area contributed by atoms with Crippen molar-refractivity contribution in [2.75, 3.05) is 5.75 Å². The maximum atomic E-state index is 4.64. The van der Waals surface area contributed by atoms with E-state index in [0.717, 1.165) is 36.5 Å². The molecule has 0 saturated carbocycles. The first-order valence-corrected chi connectivity index (χ1v) is 7.32. The zero-order valence-corrected chi connectivity index (χ0v) is 12.4. The number of para-hydroxylation sites is 2. The van der Waals surface area contributed by atoms with Crippen LogP contribution < -0.4 is 0 Å². The van der Waals surface area contributed by atoms with Gasteiger partial charge in [0, 0.05) is 6.54 Å². The topological polar surface area (TPSA) is 17.8 Å². The van der Waals surface area contributed by atoms with Crippen LogP contribution in [0.25, 0.3) is 11.0 Å². The van der Waals surface area contributed by atoms with Gasteiger partial charge >= 0.3 is 0 Å². The highest BCUT2D eigenvalue weighted by Gasteiger charge is 2.26. The van der Waals surface area contributed by atoms with E-state index in [2.05, 4.69) is 61.2 Å². The molecule has 98 valence electrons. The Morgan fingerprint density at radius 1 is 1.22 bits per heavy atom. The summed E-state index contributed by atoms with van der Waals surface area (Å²) >= 11 is 4.57. The number of aryl methyl sites for hydroxylation is 1. The first kappa shape index (κ1) is 13.5. The van der Waals surface area contributed by atoms with Crippen molar-refractivity contribution in [2.24, 2.45) is 5.41 Å². The van der Waals surface area contributed by atoms with Crippen molar-refractivity contribution in [1.82, 2.24) is 9.55 Å². The predicted molar refractivity (Wildman–Crippen MR) is 81.3 cm³/mol. The zero-order chi connectivity index (χ0) is 13.2. The highest BCUT2D eigenvalue weighted by atomic mass is 32.1. The third-order valence-electron chi connectivity index (χ3n) is 4.17. The molecule has 2 aromatic rings. The van der Waals surface area contributed by atoms with Crippen molar-refractivity contribution in [3.63, 3.8) is 0 Å². The maximum Gasteiger partial charge on any atom is 0.106 e. The standard InChI is InChI=1S/C15H22N2S/c1-4-15(5-2,11-18)10-17-12(3)16-13-8-6-7-9-14(13)17/h6-9,18H,4-5,10-11H2,1-3H3. The van der Waals surface area contributed by atoms with E-state index in [9.17, 15) is 0 Å². The molecule has 0 aliphatic heterocycles. The molecule has 0 amide bonds. The Morgan fingerprint density at radius 3 is 2.50 bits per heavy atom. The van der Waals surface area contributed by atoms with E-state index in [0.29, 0.717) is 0 Å². The molecule has 2 nitrogen and oxygen atoms in total. The fourth-order valence-electron chi connectivity index (χ4n) is 2.48. The first-order chi connectivity index (χ1) is 8.65. The Labute approximate surface area is 115 Å². The number of rotatable bonds is 5. The molecule has 1 heterocycles. The van der Waals surface area contributed by atoms with Crippen molar-refractivity contribution in [2.45, 2.75) is 40.2 Å². The van der Waals surface area contributed by atoms with Gasteiger partial charge in [0.15, 0.2) is 0 Å². The van der Waals surface area contributed by atoms with Crippen LogP contribution in [0.4, 0.5) is 0 Å². The lowest BCUT2D eigenvalue weighted by Crippen LogP contribution is -2.28. The number of aromatic nitrogens is 2. The van der Waals surface area contributed by atoms with Crippen LogP contribution in [0.2, 0.25) is 0 Å². The van der Waals surface area contributed by atoms with Gasteiger partial charge in [-0.2, -0.15) is 12.6 Å². The lowest BCUT2D eigenvalue weighted by molar-refractivity contribution is 0.259. The van der Waals surface area contributed by atoms with Crippen LogP contribution in [-0.4, -0.2) is 15.3 Å². The number of nitrogens with zero attached hydrogens (tertiary/aromatic N) is 2. The molecule has 0 atom stereocenters. The Kier molecular flexibility index (Phi) is 4.00. The van der Waals surface area contributed by atoms with E-state index in [4.69, 9.17) is 0 Å². The molecule has 0 saturated heterocycles. The van der Waals surface area contributed by atoms with Gasteiger partial charge in [-0.05, 0) is 43.1 Å². The van der Waals surface area contributed by atoms with Gasteiger partial charge in [-0.3, -0.25) is 0 Å². The minimum atomic E-state index is 0.275. The largest absolute Gasteiger partial charge is 0.328 e. The van der Waals surface area contributed by atoms with Crippen LogP contribution in [0.1, 0.15) is 32.5 Å². The van der Waals surface area contributed by atoms with Crippen LogP contribution in [0.3, 0.4) is 0 Å². The van der Waals surface area contributed by atoms with Crippen molar-refractivity contribution in [3.8, 4) is 0 Å². The monoisotopic (exact) mass is 262 g/mol. The van der Waals surface area contributed by atoms with Crippen LogP contribution in [-0.2, 0) is 6.54 Å². The molecule has 0 bridgehead atoms. The number of fused-ring (bicyclic) bond motifs is 1. The number of imidazole rings is 1. The number of hydrogen-bond acceptors (Lipinski definition) is 2. The fraction of sp³-hybridized carbons (Fsp3) is 0.533. The molecule has 1 aromatic heterocycles. The third-order valence-corrected chi connectivity index (χ3v) is 4.85. The zero-order valence-electron chi connectivity index (χ0n) is 11.5. The van der Waals surface area contributed by atoms with Crippen molar-refractivity contribution in [1.29, 1.82) is 0 Å². The summed E-state index contributed by atoms with van der Waals surface area (Å²) in [5.41, 5.74) is 2.61. The van der Waals surface area contributed by atoms with Gasteiger partial charge in [0.1, 0.15) is 5.82 Å². The molecule has 2 rings (SSSR count). The summed E-state index contributed by atoms with van der Waals surface area (Å²) in [6, 6.07) is 8.37. The summed E-state index contributed by atoms with van der Waals surface area (Å²) in [5, 5.41) is 0. The predicted octanol–water partition coefficient (Wildman–Crippen LogP) is 4.08. The van der Waals surface area contributed by atoms with E-state index < -0.39 is 0 Å². The van der Waals surface area contributed by atoms with E-state index in [-0.39, 0.29) is 5.41 Å². The molecule has 0 aliphatic rings. The highest BCUT2D eigenvalue weighted by molar-refractivity contribution is 7.80. The van der Waals surface area contributed by atoms with Gasteiger partial charge in [-0.15, -0.1) is 0 Å². The van der Waals surface area contributed by atoms with Crippen LogP contribution in [0, 0.1) is 12.3 Å². The summed E-state index contributed by atoms with van der Waals surface area (Å²) in [4.78, 5) is 4.64. The minimum absolute atomic E-state index is 0.275. The first-order valence-electron chi connectivity index (χ1n) is 6.68. The van der Waals surface area contributed by atoms with E-state index in [1.54, 1.807) is 0 Å². The second-order valence-electron chi connectivity index (χ2n) is 5.10. The number of benzene rings is 1. The quantitative estimate of drug-likeness (QED) is 0.804. The second-order valence-corrected chi connectivity index (χ2v) is 5.42. The Hall–Kier alpha value is -0.960. The maximum absolute atomic E-state index is 4.64. The molecular formula is C15H22N2S. The van der Waals surface area contributed by atoms with Crippen molar-refractivity contribution < 1.29 is 0 Å². The van der Waals surface area contributed by atoms with Crippen LogP contribution >= 0.6 is 12.6 Å². The Morgan fingerprint density at radius 2 is 1.89 bits per heavy atom. The van der Waals surface area contributed by atoms with E-state index >= 15 is 0 Å². The van der Waals surface area contributed by atoms with Crippen molar-refractivity contribution in [3.05, 3.63) is 30.1 Å². The summed E-state index contributed by atoms with van der Waals surface area (Å²) in [6.45, 7) is 7.62. The summed E-state index contributed by atoms with van der Waals surface area (Å²) in [5.74, 6) is 2.02. The minimum Gasteiger partial charge on any atom is -0.328 e. The lowest BCUT2D eigenvalue weighted by atomic mass is 9.84. The van der Waals surface area contributed by atoms with Gasteiger partial charge in [-0.25, -0.2) is 4.98 Å². The SMILES string of the molecule is CCC(CC)(CS)Cn1c(C)nc2ccccc21. The summed E-state index contributed by atoms with van der Waals surface area (Å²) in [7, 11) is 0. The van der Waals surface area contributed by atoms with Crippen LogP contribution in [0.15, 0.2) is 24.3 Å². The van der Waals surface area contributed by atoms with Gasteiger partial charge in [0.2, 0.25) is 0 Å². The lowest BCUT2D eigenvalue weighted by Gasteiger charge is -2.31. The molecule has 0 radical (unpaired) electrons. The molecule has 0 fully saturated rings. The molecule has 1 aromatic carbocycles. The normalized spacial score (nSPS) is 12.2. The molecule has 0 N–H and O–H groups in total. The molecule has 0 spiro atoms.